The topological polar surface area (TPSA) is 9.23 Å². The van der Waals surface area contributed by atoms with Crippen LogP contribution >= 0.6 is 23.2 Å². The second kappa shape index (κ2) is 3.63. The lowest BCUT2D eigenvalue weighted by Gasteiger charge is -2.05. The first-order valence-electron chi connectivity index (χ1n) is 4.65. The van der Waals surface area contributed by atoms with Crippen molar-refractivity contribution >= 4 is 23.2 Å². The van der Waals surface area contributed by atoms with Gasteiger partial charge in [-0.25, -0.2) is 0 Å². The highest BCUT2D eigenvalue weighted by molar-refractivity contribution is 6.50. The molecule has 2 rings (SSSR count). The molecule has 1 aromatic rings. The van der Waals surface area contributed by atoms with E-state index in [1.54, 1.807) is 0 Å². The standard InChI is InChI=1S/C11H12Cl2O/c1-8-2-4-10(5-3-8)14-7-9-6-11(9,12)13/h2-5,9H,6-7H2,1H3. The van der Waals surface area contributed by atoms with Crippen molar-refractivity contribution in [3.8, 4) is 5.75 Å². The van der Waals surface area contributed by atoms with Crippen LogP contribution in [0.15, 0.2) is 24.3 Å². The van der Waals surface area contributed by atoms with Crippen molar-refractivity contribution in [2.75, 3.05) is 6.61 Å². The predicted octanol–water partition coefficient (Wildman–Crippen LogP) is 3.57. The van der Waals surface area contributed by atoms with E-state index < -0.39 is 4.33 Å². The van der Waals surface area contributed by atoms with Crippen molar-refractivity contribution in [3.05, 3.63) is 29.8 Å². The summed E-state index contributed by atoms with van der Waals surface area (Å²) in [6.07, 6.45) is 0.835. The van der Waals surface area contributed by atoms with Gasteiger partial charge in [0.25, 0.3) is 0 Å². The fourth-order valence-corrected chi connectivity index (χ4v) is 1.78. The number of hydrogen-bond donors (Lipinski definition) is 0. The minimum absolute atomic E-state index is 0.284. The molecule has 0 N–H and O–H groups in total. The van der Waals surface area contributed by atoms with Crippen LogP contribution in [0, 0.1) is 12.8 Å². The first-order chi connectivity index (χ1) is 6.58. The SMILES string of the molecule is Cc1ccc(OCC2CC2(Cl)Cl)cc1. The molecule has 0 amide bonds. The quantitative estimate of drug-likeness (QED) is 0.722. The van der Waals surface area contributed by atoms with Crippen molar-refractivity contribution in [1.82, 2.24) is 0 Å². The molecule has 76 valence electrons. The van der Waals surface area contributed by atoms with Gasteiger partial charge in [0.05, 0.1) is 6.61 Å². The zero-order valence-corrected chi connectivity index (χ0v) is 9.48. The molecule has 0 aromatic heterocycles. The average Bonchev–Trinajstić information content (AvgIpc) is 2.73. The van der Waals surface area contributed by atoms with Gasteiger partial charge in [-0.2, -0.15) is 0 Å². The monoisotopic (exact) mass is 230 g/mol. The molecule has 1 nitrogen and oxygen atoms in total. The van der Waals surface area contributed by atoms with Gasteiger partial charge in [0.1, 0.15) is 10.1 Å². The molecule has 1 atom stereocenters. The van der Waals surface area contributed by atoms with Crippen molar-refractivity contribution in [3.63, 3.8) is 0 Å². The van der Waals surface area contributed by atoms with Crippen LogP contribution in [0.5, 0.6) is 5.75 Å². The average molecular weight is 231 g/mol. The molecular weight excluding hydrogens is 219 g/mol. The molecule has 14 heavy (non-hydrogen) atoms. The third kappa shape index (κ3) is 2.34. The summed E-state index contributed by atoms with van der Waals surface area (Å²) in [6.45, 7) is 2.66. The summed E-state index contributed by atoms with van der Waals surface area (Å²) in [4.78, 5) is 0. The summed E-state index contributed by atoms with van der Waals surface area (Å²) < 4.78 is 5.01. The van der Waals surface area contributed by atoms with Crippen molar-refractivity contribution in [2.24, 2.45) is 5.92 Å². The summed E-state index contributed by atoms with van der Waals surface area (Å²) in [7, 11) is 0. The van der Waals surface area contributed by atoms with Gasteiger partial charge in [0, 0.05) is 5.92 Å². The third-order valence-electron chi connectivity index (χ3n) is 2.43. The van der Waals surface area contributed by atoms with Gasteiger partial charge in [-0.1, -0.05) is 17.7 Å². The van der Waals surface area contributed by atoms with Crippen molar-refractivity contribution in [2.45, 2.75) is 17.7 Å². The molecule has 1 aromatic carbocycles. The van der Waals surface area contributed by atoms with Gasteiger partial charge in [0.15, 0.2) is 0 Å². The van der Waals surface area contributed by atoms with Crippen molar-refractivity contribution in [1.29, 1.82) is 0 Å². The van der Waals surface area contributed by atoms with Crippen LogP contribution < -0.4 is 4.74 Å². The second-order valence-corrected chi connectivity index (χ2v) is 5.33. The summed E-state index contributed by atoms with van der Waals surface area (Å²) in [5, 5.41) is 0. The first kappa shape index (κ1) is 10.1. The normalized spacial score (nSPS) is 23.2. The van der Waals surface area contributed by atoms with Crippen LogP contribution in [0.3, 0.4) is 0 Å². The van der Waals surface area contributed by atoms with E-state index in [1.165, 1.54) is 5.56 Å². The molecule has 1 unspecified atom stereocenters. The molecule has 1 saturated carbocycles. The zero-order chi connectivity index (χ0) is 10.2. The number of aryl methyl sites for hydroxylation is 1. The van der Waals surface area contributed by atoms with Gasteiger partial charge in [-0.3, -0.25) is 0 Å². The van der Waals surface area contributed by atoms with Gasteiger partial charge in [0.2, 0.25) is 0 Å². The van der Waals surface area contributed by atoms with Crippen LogP contribution in [0.25, 0.3) is 0 Å². The van der Waals surface area contributed by atoms with Gasteiger partial charge in [-0.15, -0.1) is 23.2 Å². The minimum Gasteiger partial charge on any atom is -0.493 e. The van der Waals surface area contributed by atoms with Crippen LogP contribution in [0.1, 0.15) is 12.0 Å². The Morgan fingerprint density at radius 3 is 2.43 bits per heavy atom. The largest absolute Gasteiger partial charge is 0.493 e. The number of alkyl halides is 2. The molecular formula is C11H12Cl2O. The molecule has 1 fully saturated rings. The summed E-state index contributed by atoms with van der Waals surface area (Å²) in [6, 6.07) is 7.97. The third-order valence-corrected chi connectivity index (χ3v) is 3.35. The Labute approximate surface area is 94.0 Å². The molecule has 0 aliphatic heterocycles. The molecule has 0 radical (unpaired) electrons. The van der Waals surface area contributed by atoms with E-state index in [9.17, 15) is 0 Å². The Balaban J connectivity index is 1.84. The minimum atomic E-state index is -0.537. The van der Waals surface area contributed by atoms with E-state index in [4.69, 9.17) is 27.9 Å². The number of halogens is 2. The Bertz CT molecular complexity index is 319. The van der Waals surface area contributed by atoms with Crippen LogP contribution in [-0.4, -0.2) is 10.9 Å². The Hall–Kier alpha value is -0.400. The van der Waals surface area contributed by atoms with Crippen LogP contribution in [-0.2, 0) is 0 Å². The van der Waals surface area contributed by atoms with E-state index in [2.05, 4.69) is 0 Å². The number of benzene rings is 1. The fraction of sp³-hybridized carbons (Fsp3) is 0.455. The predicted molar refractivity (Wildman–Crippen MR) is 59.2 cm³/mol. The lowest BCUT2D eigenvalue weighted by molar-refractivity contribution is 0.298. The van der Waals surface area contributed by atoms with E-state index >= 15 is 0 Å². The Kier molecular flexibility index (Phi) is 2.63. The van der Waals surface area contributed by atoms with Crippen molar-refractivity contribution < 1.29 is 4.74 Å². The maximum absolute atomic E-state index is 5.88. The molecule has 0 spiro atoms. The highest BCUT2D eigenvalue weighted by Crippen LogP contribution is 2.53. The first-order valence-corrected chi connectivity index (χ1v) is 5.41. The summed E-state index contributed by atoms with van der Waals surface area (Å²) in [5.41, 5.74) is 1.23. The van der Waals surface area contributed by atoms with E-state index in [0.29, 0.717) is 6.61 Å². The Morgan fingerprint density at radius 1 is 1.36 bits per heavy atom. The smallest absolute Gasteiger partial charge is 0.125 e. The number of ether oxygens (including phenoxy) is 1. The summed E-state index contributed by atoms with van der Waals surface area (Å²) >= 11 is 11.8. The van der Waals surface area contributed by atoms with E-state index in [-0.39, 0.29) is 5.92 Å². The molecule has 0 saturated heterocycles. The van der Waals surface area contributed by atoms with Crippen LogP contribution in [0.4, 0.5) is 0 Å². The lowest BCUT2D eigenvalue weighted by atomic mass is 10.2. The molecule has 1 aliphatic rings. The second-order valence-electron chi connectivity index (χ2n) is 3.79. The van der Waals surface area contributed by atoms with E-state index in [1.807, 2.05) is 31.2 Å². The highest BCUT2D eigenvalue weighted by Gasteiger charge is 2.52. The zero-order valence-electron chi connectivity index (χ0n) is 7.97. The van der Waals surface area contributed by atoms with Gasteiger partial charge >= 0.3 is 0 Å². The number of hydrogen-bond acceptors (Lipinski definition) is 1. The fourth-order valence-electron chi connectivity index (χ4n) is 1.28. The highest BCUT2D eigenvalue weighted by atomic mass is 35.5. The number of rotatable bonds is 3. The van der Waals surface area contributed by atoms with Gasteiger partial charge in [-0.05, 0) is 25.5 Å². The Morgan fingerprint density at radius 2 is 1.93 bits per heavy atom. The van der Waals surface area contributed by atoms with Gasteiger partial charge < -0.3 is 4.74 Å². The molecule has 1 aliphatic carbocycles. The summed E-state index contributed by atoms with van der Waals surface area (Å²) in [5.74, 6) is 1.17. The maximum atomic E-state index is 5.88. The van der Waals surface area contributed by atoms with E-state index in [0.717, 1.165) is 12.2 Å². The van der Waals surface area contributed by atoms with Crippen LogP contribution in [0.2, 0.25) is 0 Å². The maximum Gasteiger partial charge on any atom is 0.125 e. The molecule has 3 heteroatoms. The lowest BCUT2D eigenvalue weighted by Crippen LogP contribution is -2.04. The molecule has 0 heterocycles. The molecule has 0 bridgehead atoms.